The summed E-state index contributed by atoms with van der Waals surface area (Å²) in [5, 5.41) is 0. The number of hydrogen-bond donors (Lipinski definition) is 0. The van der Waals surface area contributed by atoms with Gasteiger partial charge in [0.05, 0.1) is 0 Å². The molecule has 0 bridgehead atoms. The monoisotopic (exact) mass is 286 g/mol. The van der Waals surface area contributed by atoms with E-state index in [1.54, 1.807) is 0 Å². The van der Waals surface area contributed by atoms with Crippen LogP contribution in [0, 0.1) is 0 Å². The standard InChI is InChI=1S/C6H14Cl2Te/c1-5(2)9(7,8)6(3)4/h5-6H,1-4H3. The molecule has 0 heterocycles. The van der Waals surface area contributed by atoms with Crippen molar-refractivity contribution in [3.05, 3.63) is 0 Å². The quantitative estimate of drug-likeness (QED) is 0.678. The predicted octanol–water partition coefficient (Wildman–Crippen LogP) is 3.73. The Morgan fingerprint density at radius 2 is 1.11 bits per heavy atom. The van der Waals surface area contributed by atoms with Crippen LogP contribution in [0.2, 0.25) is 7.93 Å². The van der Waals surface area contributed by atoms with Crippen LogP contribution in [0.3, 0.4) is 0 Å². The zero-order valence-electron chi connectivity index (χ0n) is 6.32. The van der Waals surface area contributed by atoms with Crippen molar-refractivity contribution >= 4 is 33.9 Å². The molecule has 3 heteroatoms. The molecule has 0 rings (SSSR count). The minimum atomic E-state index is -2.41. The summed E-state index contributed by atoms with van der Waals surface area (Å²) in [7, 11) is 12.3. The van der Waals surface area contributed by atoms with Gasteiger partial charge in [0.25, 0.3) is 0 Å². The van der Waals surface area contributed by atoms with E-state index in [9.17, 15) is 0 Å². The Labute approximate surface area is 69.2 Å². The molecule has 9 heavy (non-hydrogen) atoms. The van der Waals surface area contributed by atoms with E-state index in [1.165, 1.54) is 0 Å². The van der Waals surface area contributed by atoms with Gasteiger partial charge in [-0.15, -0.1) is 0 Å². The number of rotatable bonds is 2. The maximum atomic E-state index is 6.16. The Hall–Kier alpha value is 1.37. The third kappa shape index (κ3) is 2.85. The Kier molecular flexibility index (Phi) is 4.23. The fraction of sp³-hybridized carbons (Fsp3) is 1.00. The fourth-order valence-corrected chi connectivity index (χ4v) is 3.65. The molecular formula is C6H14Cl2Te. The van der Waals surface area contributed by atoms with Crippen molar-refractivity contribution in [1.82, 2.24) is 0 Å². The first kappa shape index (κ1) is 10.4. The SMILES string of the molecule is CC(C)[Te](Cl)(Cl)C(C)C. The van der Waals surface area contributed by atoms with E-state index in [0.29, 0.717) is 7.93 Å². The van der Waals surface area contributed by atoms with E-state index in [1.807, 2.05) is 0 Å². The van der Waals surface area contributed by atoms with Crippen molar-refractivity contribution < 1.29 is 0 Å². The van der Waals surface area contributed by atoms with Crippen molar-refractivity contribution in [2.75, 3.05) is 0 Å². The van der Waals surface area contributed by atoms with Crippen LogP contribution in [-0.2, 0) is 0 Å². The summed E-state index contributed by atoms with van der Waals surface area (Å²) in [6.07, 6.45) is 0. The summed E-state index contributed by atoms with van der Waals surface area (Å²) in [6.45, 7) is 8.45. The van der Waals surface area contributed by atoms with Crippen LogP contribution in [0.5, 0.6) is 0 Å². The molecule has 0 spiro atoms. The van der Waals surface area contributed by atoms with Crippen LogP contribution in [-0.4, -0.2) is 15.9 Å². The molecule has 0 nitrogen and oxygen atoms in total. The zero-order chi connectivity index (χ0) is 7.65. The summed E-state index contributed by atoms with van der Waals surface area (Å²) in [5.74, 6) is 0. The van der Waals surface area contributed by atoms with E-state index in [2.05, 4.69) is 27.7 Å². The second-order valence-electron chi connectivity index (χ2n) is 2.65. The molecule has 0 N–H and O–H groups in total. The maximum absolute atomic E-state index is 6.16. The molecule has 0 amide bonds. The average molecular weight is 285 g/mol. The van der Waals surface area contributed by atoms with E-state index in [-0.39, 0.29) is 0 Å². The number of halogens is 2. The van der Waals surface area contributed by atoms with Crippen LogP contribution >= 0.6 is 17.9 Å². The first-order valence-electron chi connectivity index (χ1n) is 3.09. The molecule has 0 atom stereocenters. The molecule has 0 unspecified atom stereocenters. The summed E-state index contributed by atoms with van der Waals surface area (Å²) < 4.78 is 1.02. The van der Waals surface area contributed by atoms with Gasteiger partial charge < -0.3 is 0 Å². The third-order valence-electron chi connectivity index (χ3n) is 1.26. The Bertz CT molecular complexity index is 79.1. The van der Waals surface area contributed by atoms with Gasteiger partial charge in [-0.2, -0.15) is 0 Å². The molecule has 0 aromatic rings. The van der Waals surface area contributed by atoms with Crippen LogP contribution in [0.1, 0.15) is 27.7 Å². The van der Waals surface area contributed by atoms with E-state index in [0.717, 1.165) is 0 Å². The number of hydrogen-bond acceptors (Lipinski definition) is 0. The van der Waals surface area contributed by atoms with Gasteiger partial charge in [0.15, 0.2) is 0 Å². The minimum absolute atomic E-state index is 0.510. The van der Waals surface area contributed by atoms with Crippen molar-refractivity contribution in [3.63, 3.8) is 0 Å². The van der Waals surface area contributed by atoms with E-state index in [4.69, 9.17) is 17.9 Å². The normalized spacial score (nSPS) is 15.1. The third-order valence-corrected chi connectivity index (χ3v) is 18.0. The van der Waals surface area contributed by atoms with Gasteiger partial charge in [0, 0.05) is 0 Å². The summed E-state index contributed by atoms with van der Waals surface area (Å²) >= 11 is -2.41. The molecule has 0 radical (unpaired) electrons. The van der Waals surface area contributed by atoms with Gasteiger partial charge >= 0.3 is 69.5 Å². The molecular weight excluding hydrogens is 271 g/mol. The van der Waals surface area contributed by atoms with Gasteiger partial charge in [-0.25, -0.2) is 0 Å². The van der Waals surface area contributed by atoms with Gasteiger partial charge in [-0.1, -0.05) is 0 Å². The molecule has 58 valence electrons. The Balaban J connectivity index is 4.01. The van der Waals surface area contributed by atoms with Gasteiger partial charge in [0.2, 0.25) is 0 Å². The van der Waals surface area contributed by atoms with Crippen LogP contribution < -0.4 is 0 Å². The van der Waals surface area contributed by atoms with Crippen molar-refractivity contribution in [2.24, 2.45) is 0 Å². The molecule has 0 saturated heterocycles. The van der Waals surface area contributed by atoms with E-state index < -0.39 is 15.9 Å². The van der Waals surface area contributed by atoms with Crippen molar-refractivity contribution in [3.8, 4) is 0 Å². The van der Waals surface area contributed by atoms with Crippen molar-refractivity contribution in [1.29, 1.82) is 0 Å². The second kappa shape index (κ2) is 3.67. The molecule has 0 aliphatic carbocycles. The van der Waals surface area contributed by atoms with Crippen LogP contribution in [0.4, 0.5) is 0 Å². The van der Waals surface area contributed by atoms with Crippen molar-refractivity contribution in [2.45, 2.75) is 35.6 Å². The average Bonchev–Trinajstić information content (AvgIpc) is 1.65. The van der Waals surface area contributed by atoms with Crippen LogP contribution in [0.15, 0.2) is 0 Å². The Morgan fingerprint density at radius 1 is 0.889 bits per heavy atom. The molecule has 0 aromatic carbocycles. The molecule has 0 aromatic heterocycles. The predicted molar refractivity (Wildman–Crippen MR) is 47.7 cm³/mol. The van der Waals surface area contributed by atoms with Gasteiger partial charge in [-0.05, 0) is 0 Å². The van der Waals surface area contributed by atoms with E-state index >= 15 is 0 Å². The summed E-state index contributed by atoms with van der Waals surface area (Å²) in [5.41, 5.74) is 0. The summed E-state index contributed by atoms with van der Waals surface area (Å²) in [6, 6.07) is 0. The summed E-state index contributed by atoms with van der Waals surface area (Å²) in [4.78, 5) is 0. The molecule has 0 fully saturated rings. The molecule has 0 aliphatic rings. The molecule has 0 aliphatic heterocycles. The zero-order valence-corrected chi connectivity index (χ0v) is 10.2. The Morgan fingerprint density at radius 3 is 1.11 bits per heavy atom. The first-order valence-corrected chi connectivity index (χ1v) is 11.7. The topological polar surface area (TPSA) is 0 Å². The van der Waals surface area contributed by atoms with Gasteiger partial charge in [-0.3, -0.25) is 0 Å². The second-order valence-corrected chi connectivity index (χ2v) is 19.1. The first-order chi connectivity index (χ1) is 3.89. The fourth-order valence-electron chi connectivity index (χ4n) is 0.544. The van der Waals surface area contributed by atoms with Gasteiger partial charge in [0.1, 0.15) is 0 Å². The molecule has 0 saturated carbocycles. The van der Waals surface area contributed by atoms with Crippen LogP contribution in [0.25, 0.3) is 0 Å².